The van der Waals surface area contributed by atoms with E-state index in [1.807, 2.05) is 6.92 Å². The van der Waals surface area contributed by atoms with Crippen LogP contribution in [0.5, 0.6) is 0 Å². The standard InChI is InChI=1S/C21H35N3O2S/c1-2-3-17-27(25,26)24-11-9-21(10-12-24)19-23-15-13-22(14-16-23)18-20-7-5-4-6-8-20/h4-8,21H,2-3,9-19H2,1H3. The third kappa shape index (κ3) is 6.28. The topological polar surface area (TPSA) is 43.9 Å². The number of piperidine rings is 1. The van der Waals surface area contributed by atoms with Gasteiger partial charge in [0.2, 0.25) is 10.0 Å². The van der Waals surface area contributed by atoms with Gasteiger partial charge in [-0.2, -0.15) is 0 Å². The summed E-state index contributed by atoms with van der Waals surface area (Å²) in [6, 6.07) is 10.7. The molecule has 0 N–H and O–H groups in total. The Kier molecular flexibility index (Phi) is 7.70. The van der Waals surface area contributed by atoms with Gasteiger partial charge in [0.15, 0.2) is 0 Å². The first-order valence-corrected chi connectivity index (χ1v) is 12.1. The molecular weight excluding hydrogens is 358 g/mol. The van der Waals surface area contributed by atoms with Crippen molar-refractivity contribution in [3.05, 3.63) is 35.9 Å². The number of benzene rings is 1. The van der Waals surface area contributed by atoms with Crippen molar-refractivity contribution in [2.24, 2.45) is 5.92 Å². The molecule has 2 saturated heterocycles. The summed E-state index contributed by atoms with van der Waals surface area (Å²) in [5.74, 6) is 0.959. The van der Waals surface area contributed by atoms with Crippen molar-refractivity contribution in [2.45, 2.75) is 39.2 Å². The Labute approximate surface area is 165 Å². The van der Waals surface area contributed by atoms with E-state index in [0.717, 1.165) is 65.0 Å². The monoisotopic (exact) mass is 393 g/mol. The van der Waals surface area contributed by atoms with Crippen LogP contribution in [0.3, 0.4) is 0 Å². The Balaban J connectivity index is 1.37. The third-order valence-corrected chi connectivity index (χ3v) is 7.91. The maximum absolute atomic E-state index is 12.3. The molecule has 152 valence electrons. The molecule has 3 rings (SSSR count). The zero-order chi connectivity index (χ0) is 19.1. The first-order chi connectivity index (χ1) is 13.1. The summed E-state index contributed by atoms with van der Waals surface area (Å²) in [5, 5.41) is 0. The minimum Gasteiger partial charge on any atom is -0.301 e. The van der Waals surface area contributed by atoms with Crippen LogP contribution >= 0.6 is 0 Å². The molecule has 1 aromatic rings. The second-order valence-corrected chi connectivity index (χ2v) is 10.2. The Morgan fingerprint density at radius 2 is 1.56 bits per heavy atom. The molecule has 0 radical (unpaired) electrons. The molecule has 0 atom stereocenters. The van der Waals surface area contributed by atoms with Crippen molar-refractivity contribution in [3.63, 3.8) is 0 Å². The summed E-state index contributed by atoms with van der Waals surface area (Å²) in [7, 11) is -3.03. The molecule has 1 aromatic carbocycles. The predicted molar refractivity (Wildman–Crippen MR) is 111 cm³/mol. The average molecular weight is 394 g/mol. The van der Waals surface area contributed by atoms with E-state index in [-0.39, 0.29) is 0 Å². The second-order valence-electron chi connectivity index (χ2n) is 8.07. The fourth-order valence-electron chi connectivity index (χ4n) is 4.16. The number of hydrogen-bond donors (Lipinski definition) is 0. The van der Waals surface area contributed by atoms with Crippen LogP contribution in [0.4, 0.5) is 0 Å². The first-order valence-electron chi connectivity index (χ1n) is 10.5. The minimum absolute atomic E-state index is 0.317. The van der Waals surface area contributed by atoms with Gasteiger partial charge in [-0.15, -0.1) is 0 Å². The van der Waals surface area contributed by atoms with E-state index >= 15 is 0 Å². The lowest BCUT2D eigenvalue weighted by Gasteiger charge is -2.38. The fourth-order valence-corrected chi connectivity index (χ4v) is 5.84. The van der Waals surface area contributed by atoms with Gasteiger partial charge in [0, 0.05) is 52.4 Å². The Bertz CT molecular complexity index is 649. The molecule has 0 aromatic heterocycles. The van der Waals surface area contributed by atoms with Gasteiger partial charge in [-0.1, -0.05) is 43.7 Å². The van der Waals surface area contributed by atoms with Gasteiger partial charge >= 0.3 is 0 Å². The van der Waals surface area contributed by atoms with E-state index in [2.05, 4.69) is 40.1 Å². The number of nitrogens with zero attached hydrogens (tertiary/aromatic N) is 3. The molecule has 6 heteroatoms. The molecule has 0 unspecified atom stereocenters. The number of piperazine rings is 1. The van der Waals surface area contributed by atoms with Crippen LogP contribution in [0, 0.1) is 5.92 Å². The van der Waals surface area contributed by atoms with Crippen molar-refractivity contribution < 1.29 is 8.42 Å². The lowest BCUT2D eigenvalue weighted by Crippen LogP contribution is -2.48. The van der Waals surface area contributed by atoms with Crippen molar-refractivity contribution in [2.75, 3.05) is 51.6 Å². The van der Waals surface area contributed by atoms with E-state index < -0.39 is 10.0 Å². The van der Waals surface area contributed by atoms with Crippen LogP contribution in [0.25, 0.3) is 0 Å². The van der Waals surface area contributed by atoms with Crippen molar-refractivity contribution in [3.8, 4) is 0 Å². The van der Waals surface area contributed by atoms with E-state index in [9.17, 15) is 8.42 Å². The molecule has 2 aliphatic rings. The van der Waals surface area contributed by atoms with Crippen molar-refractivity contribution >= 4 is 10.0 Å². The minimum atomic E-state index is -3.03. The molecule has 27 heavy (non-hydrogen) atoms. The van der Waals surface area contributed by atoms with E-state index in [0.29, 0.717) is 24.8 Å². The van der Waals surface area contributed by atoms with Gasteiger partial charge in [0.25, 0.3) is 0 Å². The van der Waals surface area contributed by atoms with Crippen LogP contribution in [0.15, 0.2) is 30.3 Å². The van der Waals surface area contributed by atoms with Gasteiger partial charge in [0.05, 0.1) is 5.75 Å². The Morgan fingerprint density at radius 3 is 2.19 bits per heavy atom. The van der Waals surface area contributed by atoms with Crippen molar-refractivity contribution in [1.82, 2.24) is 14.1 Å². The van der Waals surface area contributed by atoms with Crippen LogP contribution in [0.1, 0.15) is 38.2 Å². The molecule has 0 spiro atoms. The largest absolute Gasteiger partial charge is 0.301 e. The molecule has 0 saturated carbocycles. The SMILES string of the molecule is CCCCS(=O)(=O)N1CCC(CN2CCN(Cc3ccccc3)CC2)CC1. The lowest BCUT2D eigenvalue weighted by molar-refractivity contribution is 0.102. The Hall–Kier alpha value is -0.950. The summed E-state index contributed by atoms with van der Waals surface area (Å²) in [4.78, 5) is 5.11. The average Bonchev–Trinajstić information content (AvgIpc) is 2.69. The molecule has 2 fully saturated rings. The highest BCUT2D eigenvalue weighted by Crippen LogP contribution is 2.22. The molecule has 2 heterocycles. The maximum Gasteiger partial charge on any atom is 0.214 e. The number of sulfonamides is 1. The quantitative estimate of drug-likeness (QED) is 0.681. The first kappa shape index (κ1) is 20.8. The Morgan fingerprint density at radius 1 is 0.926 bits per heavy atom. The molecule has 0 bridgehead atoms. The van der Waals surface area contributed by atoms with Gasteiger partial charge in [-0.25, -0.2) is 12.7 Å². The highest BCUT2D eigenvalue weighted by atomic mass is 32.2. The molecule has 5 nitrogen and oxygen atoms in total. The normalized spacial score (nSPS) is 21.5. The van der Waals surface area contributed by atoms with E-state index in [4.69, 9.17) is 0 Å². The molecular formula is C21H35N3O2S. The lowest BCUT2D eigenvalue weighted by atomic mass is 9.97. The molecule has 0 aliphatic carbocycles. The van der Waals surface area contributed by atoms with Crippen LogP contribution in [-0.2, 0) is 16.6 Å². The predicted octanol–water partition coefficient (Wildman–Crippen LogP) is 2.65. The molecule has 0 amide bonds. The zero-order valence-electron chi connectivity index (χ0n) is 16.7. The maximum atomic E-state index is 12.3. The fraction of sp³-hybridized carbons (Fsp3) is 0.714. The zero-order valence-corrected chi connectivity index (χ0v) is 17.5. The smallest absolute Gasteiger partial charge is 0.214 e. The third-order valence-electron chi connectivity index (χ3n) is 5.95. The van der Waals surface area contributed by atoms with E-state index in [1.54, 1.807) is 4.31 Å². The summed E-state index contributed by atoms with van der Waals surface area (Å²) >= 11 is 0. The van der Waals surface area contributed by atoms with Crippen LogP contribution in [0.2, 0.25) is 0 Å². The van der Waals surface area contributed by atoms with Crippen LogP contribution in [-0.4, -0.2) is 74.1 Å². The number of unbranched alkanes of at least 4 members (excludes halogenated alkanes) is 1. The summed E-state index contributed by atoms with van der Waals surface area (Å²) in [6.07, 6.45) is 3.73. The highest BCUT2D eigenvalue weighted by molar-refractivity contribution is 7.89. The van der Waals surface area contributed by atoms with Gasteiger partial charge in [0.1, 0.15) is 0 Å². The van der Waals surface area contributed by atoms with E-state index in [1.165, 1.54) is 5.56 Å². The summed E-state index contributed by atoms with van der Waals surface area (Å²) in [5.41, 5.74) is 1.39. The van der Waals surface area contributed by atoms with Crippen molar-refractivity contribution in [1.29, 1.82) is 0 Å². The highest BCUT2D eigenvalue weighted by Gasteiger charge is 2.29. The van der Waals surface area contributed by atoms with Gasteiger partial charge in [-0.3, -0.25) is 4.90 Å². The number of rotatable bonds is 8. The molecule has 2 aliphatic heterocycles. The second kappa shape index (κ2) is 10.0. The van der Waals surface area contributed by atoms with Gasteiger partial charge < -0.3 is 4.90 Å². The van der Waals surface area contributed by atoms with Crippen LogP contribution < -0.4 is 0 Å². The summed E-state index contributed by atoms with van der Waals surface area (Å²) < 4.78 is 26.4. The number of hydrogen-bond acceptors (Lipinski definition) is 4. The summed E-state index contributed by atoms with van der Waals surface area (Å²) in [6.45, 7) is 10.1. The van der Waals surface area contributed by atoms with Gasteiger partial charge in [-0.05, 0) is 30.7 Å².